The molecule has 4 nitrogen and oxygen atoms in total. The van der Waals surface area contributed by atoms with Gasteiger partial charge >= 0.3 is 0 Å². The minimum atomic E-state index is -0.253. The Morgan fingerprint density at radius 1 is 1.22 bits per heavy atom. The van der Waals surface area contributed by atoms with Crippen molar-refractivity contribution in [3.05, 3.63) is 72.3 Å². The zero-order chi connectivity index (χ0) is 16.2. The topological polar surface area (TPSA) is 46.9 Å². The maximum absolute atomic E-state index is 13.3. The summed E-state index contributed by atoms with van der Waals surface area (Å²) >= 11 is 0. The lowest BCUT2D eigenvalue weighted by atomic mass is 10.1. The molecule has 3 rings (SSSR count). The van der Waals surface area contributed by atoms with Crippen molar-refractivity contribution in [3.8, 4) is 11.4 Å². The number of carbonyl (C=O) groups excluding carboxylic acids is 1. The first kappa shape index (κ1) is 15.0. The van der Waals surface area contributed by atoms with E-state index in [1.807, 2.05) is 41.1 Å². The van der Waals surface area contributed by atoms with Crippen LogP contribution in [0.3, 0.4) is 0 Å². The van der Waals surface area contributed by atoms with Gasteiger partial charge in [0, 0.05) is 37.1 Å². The van der Waals surface area contributed by atoms with Crippen LogP contribution in [0.5, 0.6) is 0 Å². The molecule has 0 aliphatic rings. The molecular formula is C18H16FN3O. The average molecular weight is 309 g/mol. The Hall–Kier alpha value is -2.95. The highest BCUT2D eigenvalue weighted by molar-refractivity contribution is 5.89. The number of anilines is 1. The molecule has 1 N–H and O–H groups in total. The van der Waals surface area contributed by atoms with Gasteiger partial charge in [-0.2, -0.15) is 0 Å². The van der Waals surface area contributed by atoms with Crippen LogP contribution in [-0.4, -0.2) is 15.5 Å². The van der Waals surface area contributed by atoms with Crippen LogP contribution in [-0.2, 0) is 11.3 Å². The van der Waals surface area contributed by atoms with Gasteiger partial charge in [-0.3, -0.25) is 4.79 Å². The van der Waals surface area contributed by atoms with Crippen molar-refractivity contribution in [2.75, 3.05) is 5.32 Å². The van der Waals surface area contributed by atoms with Crippen molar-refractivity contribution >= 4 is 11.6 Å². The molecule has 0 atom stereocenters. The van der Waals surface area contributed by atoms with Crippen molar-refractivity contribution in [2.45, 2.75) is 13.5 Å². The number of carbonyl (C=O) groups is 1. The van der Waals surface area contributed by atoms with E-state index < -0.39 is 0 Å². The summed E-state index contributed by atoms with van der Waals surface area (Å²) in [4.78, 5) is 15.6. The summed E-state index contributed by atoms with van der Waals surface area (Å²) in [6.45, 7) is 2.00. The van der Waals surface area contributed by atoms with E-state index >= 15 is 0 Å². The zero-order valence-electron chi connectivity index (χ0n) is 12.7. The van der Waals surface area contributed by atoms with Crippen molar-refractivity contribution in [1.29, 1.82) is 0 Å². The van der Waals surface area contributed by atoms with Gasteiger partial charge in [0.15, 0.2) is 0 Å². The first-order valence-corrected chi connectivity index (χ1v) is 7.25. The Morgan fingerprint density at radius 2 is 2.04 bits per heavy atom. The number of benzene rings is 2. The Kier molecular flexibility index (Phi) is 4.19. The Bertz CT molecular complexity index is 842. The monoisotopic (exact) mass is 309 g/mol. The fourth-order valence-corrected chi connectivity index (χ4v) is 2.47. The summed E-state index contributed by atoms with van der Waals surface area (Å²) in [5, 5.41) is 2.76. The number of hydrogen-bond acceptors (Lipinski definition) is 2. The minimum absolute atomic E-state index is 0.120. The molecule has 0 saturated heterocycles. The van der Waals surface area contributed by atoms with E-state index in [0.717, 1.165) is 22.6 Å². The van der Waals surface area contributed by atoms with Gasteiger partial charge in [-0.25, -0.2) is 9.37 Å². The van der Waals surface area contributed by atoms with Crippen molar-refractivity contribution in [3.63, 3.8) is 0 Å². The van der Waals surface area contributed by atoms with E-state index in [-0.39, 0.29) is 11.7 Å². The number of amides is 1. The Morgan fingerprint density at radius 3 is 2.83 bits per heavy atom. The van der Waals surface area contributed by atoms with Crippen molar-refractivity contribution in [1.82, 2.24) is 9.55 Å². The maximum Gasteiger partial charge on any atom is 0.221 e. The Labute approximate surface area is 133 Å². The lowest BCUT2D eigenvalue weighted by molar-refractivity contribution is -0.114. The number of imidazole rings is 1. The van der Waals surface area contributed by atoms with Crippen LogP contribution in [0.25, 0.3) is 11.4 Å². The zero-order valence-corrected chi connectivity index (χ0v) is 12.7. The summed E-state index contributed by atoms with van der Waals surface area (Å²) in [5.41, 5.74) is 2.47. The molecule has 0 unspecified atom stereocenters. The summed E-state index contributed by atoms with van der Waals surface area (Å²) in [7, 11) is 0. The van der Waals surface area contributed by atoms with Gasteiger partial charge in [-0.1, -0.05) is 24.3 Å². The maximum atomic E-state index is 13.3. The van der Waals surface area contributed by atoms with E-state index in [4.69, 9.17) is 0 Å². The number of hydrogen-bond donors (Lipinski definition) is 1. The molecule has 116 valence electrons. The third-order valence-electron chi connectivity index (χ3n) is 3.40. The third-order valence-corrected chi connectivity index (χ3v) is 3.40. The quantitative estimate of drug-likeness (QED) is 0.799. The van der Waals surface area contributed by atoms with Crippen LogP contribution in [0.15, 0.2) is 60.9 Å². The number of nitrogens with one attached hydrogen (secondary N) is 1. The first-order chi connectivity index (χ1) is 11.1. The number of rotatable bonds is 4. The van der Waals surface area contributed by atoms with Gasteiger partial charge in [-0.15, -0.1) is 0 Å². The van der Waals surface area contributed by atoms with Crippen LogP contribution in [0, 0.1) is 5.82 Å². The lowest BCUT2D eigenvalue weighted by Gasteiger charge is -2.10. The first-order valence-electron chi connectivity index (χ1n) is 7.25. The Balaban J connectivity index is 1.90. The smallest absolute Gasteiger partial charge is 0.221 e. The van der Waals surface area contributed by atoms with Crippen LogP contribution in [0.1, 0.15) is 12.5 Å². The molecule has 0 spiro atoms. The molecule has 0 radical (unpaired) electrons. The van der Waals surface area contributed by atoms with Gasteiger partial charge in [0.05, 0.1) is 0 Å². The predicted molar refractivity (Wildman–Crippen MR) is 87.5 cm³/mol. The number of nitrogens with zero attached hydrogens (tertiary/aromatic N) is 2. The van der Waals surface area contributed by atoms with Gasteiger partial charge in [0.2, 0.25) is 5.91 Å². The summed E-state index contributed by atoms with van der Waals surface area (Å²) < 4.78 is 15.3. The van der Waals surface area contributed by atoms with E-state index in [2.05, 4.69) is 10.3 Å². The van der Waals surface area contributed by atoms with E-state index in [1.165, 1.54) is 19.1 Å². The second-order valence-corrected chi connectivity index (χ2v) is 5.27. The normalized spacial score (nSPS) is 10.5. The molecule has 1 amide bonds. The molecule has 1 heterocycles. The molecule has 23 heavy (non-hydrogen) atoms. The minimum Gasteiger partial charge on any atom is -0.327 e. The van der Waals surface area contributed by atoms with Gasteiger partial charge in [0.1, 0.15) is 11.6 Å². The summed E-state index contributed by atoms with van der Waals surface area (Å²) in [5.74, 6) is 0.392. The molecule has 0 bridgehead atoms. The molecule has 3 aromatic rings. The fraction of sp³-hybridized carbons (Fsp3) is 0.111. The molecular weight excluding hydrogens is 293 g/mol. The summed E-state index contributed by atoms with van der Waals surface area (Å²) in [6, 6.07) is 14.0. The largest absolute Gasteiger partial charge is 0.327 e. The third kappa shape index (κ3) is 3.63. The second-order valence-electron chi connectivity index (χ2n) is 5.27. The van der Waals surface area contributed by atoms with E-state index in [9.17, 15) is 9.18 Å². The number of halogens is 1. The van der Waals surface area contributed by atoms with E-state index in [0.29, 0.717) is 6.54 Å². The van der Waals surface area contributed by atoms with Crippen LogP contribution < -0.4 is 5.32 Å². The van der Waals surface area contributed by atoms with E-state index in [1.54, 1.807) is 12.3 Å². The van der Waals surface area contributed by atoms with Crippen molar-refractivity contribution < 1.29 is 9.18 Å². The van der Waals surface area contributed by atoms with Gasteiger partial charge < -0.3 is 9.88 Å². The van der Waals surface area contributed by atoms with Crippen LogP contribution in [0.4, 0.5) is 10.1 Å². The second kappa shape index (κ2) is 6.44. The highest BCUT2D eigenvalue weighted by Gasteiger charge is 2.08. The predicted octanol–water partition coefficient (Wildman–Crippen LogP) is 3.70. The highest BCUT2D eigenvalue weighted by Crippen LogP contribution is 2.22. The van der Waals surface area contributed by atoms with Gasteiger partial charge in [-0.05, 0) is 29.8 Å². The standard InChI is InChI=1S/C18H16FN3O/c1-13(23)21-17-7-3-5-15(11-17)18-20-8-9-22(18)12-14-4-2-6-16(19)10-14/h2-11H,12H2,1H3,(H,21,23). The molecule has 0 saturated carbocycles. The van der Waals surface area contributed by atoms with Crippen LogP contribution in [0.2, 0.25) is 0 Å². The van der Waals surface area contributed by atoms with Crippen molar-refractivity contribution in [2.24, 2.45) is 0 Å². The SMILES string of the molecule is CC(=O)Nc1cccc(-c2nccn2Cc2cccc(F)c2)c1. The molecule has 0 fully saturated rings. The average Bonchev–Trinajstić information content (AvgIpc) is 2.95. The van der Waals surface area contributed by atoms with Crippen LogP contribution >= 0.6 is 0 Å². The molecule has 1 aromatic heterocycles. The lowest BCUT2D eigenvalue weighted by Crippen LogP contribution is -2.06. The fourth-order valence-electron chi connectivity index (χ4n) is 2.47. The van der Waals surface area contributed by atoms with Gasteiger partial charge in [0.25, 0.3) is 0 Å². The highest BCUT2D eigenvalue weighted by atomic mass is 19.1. The molecule has 0 aliphatic heterocycles. The molecule has 5 heteroatoms. The molecule has 0 aliphatic carbocycles. The molecule has 2 aromatic carbocycles. The number of aromatic nitrogens is 2. The summed E-state index contributed by atoms with van der Waals surface area (Å²) in [6.07, 6.45) is 3.56.